The predicted molar refractivity (Wildman–Crippen MR) is 91.5 cm³/mol. The number of nitrogen functional groups attached to an aromatic ring is 2. The van der Waals surface area contributed by atoms with Crippen LogP contribution in [-0.2, 0) is 6.61 Å². The van der Waals surface area contributed by atoms with E-state index >= 15 is 0 Å². The van der Waals surface area contributed by atoms with Gasteiger partial charge in [0.05, 0.1) is 5.69 Å². The molecule has 0 aliphatic rings. The Labute approximate surface area is 130 Å². The first-order chi connectivity index (χ1) is 10.8. The van der Waals surface area contributed by atoms with E-state index in [1.54, 1.807) is 0 Å². The standard InChI is InChI=1S/C19H18N2O/c20-17-11-5-4-9-15(17)16-10-6-12-18(19(16)21)22-13-14-7-2-1-3-8-14/h1-12H,13,20-21H2. The Kier molecular flexibility index (Phi) is 3.97. The molecule has 0 bridgehead atoms. The van der Waals surface area contributed by atoms with E-state index in [-0.39, 0.29) is 0 Å². The van der Waals surface area contributed by atoms with Crippen LogP contribution in [0.3, 0.4) is 0 Å². The molecular formula is C19H18N2O. The molecule has 0 spiro atoms. The Hall–Kier alpha value is -2.94. The smallest absolute Gasteiger partial charge is 0.143 e. The van der Waals surface area contributed by atoms with Gasteiger partial charge in [0.25, 0.3) is 0 Å². The predicted octanol–water partition coefficient (Wildman–Crippen LogP) is 4.10. The lowest BCUT2D eigenvalue weighted by Gasteiger charge is -2.14. The summed E-state index contributed by atoms with van der Waals surface area (Å²) in [5, 5.41) is 0. The summed E-state index contributed by atoms with van der Waals surface area (Å²) in [5.74, 6) is 0.671. The Morgan fingerprint density at radius 2 is 1.36 bits per heavy atom. The summed E-state index contributed by atoms with van der Waals surface area (Å²) in [6, 6.07) is 23.4. The molecule has 22 heavy (non-hydrogen) atoms. The minimum Gasteiger partial charge on any atom is -0.487 e. The topological polar surface area (TPSA) is 61.3 Å². The Morgan fingerprint density at radius 1 is 0.682 bits per heavy atom. The Bertz CT molecular complexity index is 769. The van der Waals surface area contributed by atoms with Crippen molar-refractivity contribution >= 4 is 11.4 Å². The van der Waals surface area contributed by atoms with Gasteiger partial charge in [0.2, 0.25) is 0 Å². The molecule has 0 heterocycles. The zero-order chi connectivity index (χ0) is 15.4. The van der Waals surface area contributed by atoms with Crippen molar-refractivity contribution < 1.29 is 4.74 Å². The summed E-state index contributed by atoms with van der Waals surface area (Å²) in [4.78, 5) is 0. The van der Waals surface area contributed by atoms with Gasteiger partial charge in [0, 0.05) is 16.8 Å². The maximum Gasteiger partial charge on any atom is 0.143 e. The lowest BCUT2D eigenvalue weighted by atomic mass is 10.0. The van der Waals surface area contributed by atoms with Gasteiger partial charge in [0.1, 0.15) is 12.4 Å². The molecule has 0 aliphatic carbocycles. The number of rotatable bonds is 4. The van der Waals surface area contributed by atoms with E-state index in [0.29, 0.717) is 23.7 Å². The second-order valence-corrected chi connectivity index (χ2v) is 5.08. The molecule has 3 rings (SSSR count). The van der Waals surface area contributed by atoms with E-state index in [4.69, 9.17) is 16.2 Å². The summed E-state index contributed by atoms with van der Waals surface area (Å²) >= 11 is 0. The highest BCUT2D eigenvalue weighted by Crippen LogP contribution is 2.36. The van der Waals surface area contributed by atoms with Crippen LogP contribution in [0.5, 0.6) is 5.75 Å². The number of hydrogen-bond acceptors (Lipinski definition) is 3. The van der Waals surface area contributed by atoms with Crippen molar-refractivity contribution in [2.24, 2.45) is 0 Å². The third-order valence-corrected chi connectivity index (χ3v) is 3.55. The first-order valence-corrected chi connectivity index (χ1v) is 7.16. The summed E-state index contributed by atoms with van der Waals surface area (Å²) in [7, 11) is 0. The molecule has 3 aromatic carbocycles. The van der Waals surface area contributed by atoms with Crippen molar-refractivity contribution in [3.05, 3.63) is 78.4 Å². The Morgan fingerprint density at radius 3 is 2.14 bits per heavy atom. The normalized spacial score (nSPS) is 10.4. The molecule has 0 unspecified atom stereocenters. The number of nitrogens with two attached hydrogens (primary N) is 2. The van der Waals surface area contributed by atoms with Gasteiger partial charge >= 0.3 is 0 Å². The van der Waals surface area contributed by atoms with Crippen molar-refractivity contribution in [2.75, 3.05) is 11.5 Å². The van der Waals surface area contributed by atoms with Crippen LogP contribution >= 0.6 is 0 Å². The quantitative estimate of drug-likeness (QED) is 0.711. The highest BCUT2D eigenvalue weighted by Gasteiger charge is 2.10. The average Bonchev–Trinajstić information content (AvgIpc) is 2.56. The second-order valence-electron chi connectivity index (χ2n) is 5.08. The van der Waals surface area contributed by atoms with Crippen LogP contribution < -0.4 is 16.2 Å². The molecule has 0 saturated heterocycles. The lowest BCUT2D eigenvalue weighted by molar-refractivity contribution is 0.308. The van der Waals surface area contributed by atoms with Gasteiger partial charge < -0.3 is 16.2 Å². The summed E-state index contributed by atoms with van der Waals surface area (Å²) in [6.07, 6.45) is 0. The molecule has 3 heteroatoms. The number of ether oxygens (including phenoxy) is 1. The zero-order valence-corrected chi connectivity index (χ0v) is 12.2. The molecule has 0 atom stereocenters. The maximum atomic E-state index is 6.27. The van der Waals surface area contributed by atoms with Crippen LogP contribution in [0.4, 0.5) is 11.4 Å². The van der Waals surface area contributed by atoms with Crippen molar-refractivity contribution in [1.29, 1.82) is 0 Å². The number of para-hydroxylation sites is 2. The molecule has 0 amide bonds. The largest absolute Gasteiger partial charge is 0.487 e. The first kappa shape index (κ1) is 14.0. The van der Waals surface area contributed by atoms with Gasteiger partial charge in [0.15, 0.2) is 0 Å². The number of benzene rings is 3. The van der Waals surface area contributed by atoms with Gasteiger partial charge in [-0.05, 0) is 17.7 Å². The fourth-order valence-corrected chi connectivity index (χ4v) is 2.38. The fourth-order valence-electron chi connectivity index (χ4n) is 2.38. The number of anilines is 2. The van der Waals surface area contributed by atoms with Crippen LogP contribution in [-0.4, -0.2) is 0 Å². The van der Waals surface area contributed by atoms with E-state index in [1.165, 1.54) is 0 Å². The van der Waals surface area contributed by atoms with Gasteiger partial charge in [-0.2, -0.15) is 0 Å². The lowest BCUT2D eigenvalue weighted by Crippen LogP contribution is -2.01. The van der Waals surface area contributed by atoms with Crippen LogP contribution in [0.1, 0.15) is 5.56 Å². The average molecular weight is 290 g/mol. The third kappa shape index (κ3) is 2.88. The molecular weight excluding hydrogens is 272 g/mol. The van der Waals surface area contributed by atoms with E-state index in [2.05, 4.69) is 0 Å². The van der Waals surface area contributed by atoms with Gasteiger partial charge in [-0.1, -0.05) is 60.7 Å². The molecule has 3 nitrogen and oxygen atoms in total. The first-order valence-electron chi connectivity index (χ1n) is 7.16. The van der Waals surface area contributed by atoms with Gasteiger partial charge in [-0.3, -0.25) is 0 Å². The summed E-state index contributed by atoms with van der Waals surface area (Å²) in [6.45, 7) is 0.485. The second kappa shape index (κ2) is 6.22. The minimum atomic E-state index is 0.485. The summed E-state index contributed by atoms with van der Waals surface area (Å²) < 4.78 is 5.86. The molecule has 0 saturated carbocycles. The van der Waals surface area contributed by atoms with Crippen LogP contribution in [0, 0.1) is 0 Å². The van der Waals surface area contributed by atoms with Crippen LogP contribution in [0.25, 0.3) is 11.1 Å². The molecule has 0 aliphatic heterocycles. The highest BCUT2D eigenvalue weighted by molar-refractivity contribution is 5.86. The van der Waals surface area contributed by atoms with E-state index in [0.717, 1.165) is 16.7 Å². The van der Waals surface area contributed by atoms with E-state index < -0.39 is 0 Å². The summed E-state index contributed by atoms with van der Waals surface area (Å²) in [5.41, 5.74) is 16.5. The zero-order valence-electron chi connectivity index (χ0n) is 12.2. The molecule has 3 aromatic rings. The monoisotopic (exact) mass is 290 g/mol. The van der Waals surface area contributed by atoms with Gasteiger partial charge in [-0.15, -0.1) is 0 Å². The molecule has 110 valence electrons. The fraction of sp³-hybridized carbons (Fsp3) is 0.0526. The minimum absolute atomic E-state index is 0.485. The van der Waals surface area contributed by atoms with Gasteiger partial charge in [-0.25, -0.2) is 0 Å². The number of hydrogen-bond donors (Lipinski definition) is 2. The van der Waals surface area contributed by atoms with Crippen molar-refractivity contribution in [1.82, 2.24) is 0 Å². The van der Waals surface area contributed by atoms with Crippen molar-refractivity contribution in [2.45, 2.75) is 6.61 Å². The van der Waals surface area contributed by atoms with Crippen LogP contribution in [0.2, 0.25) is 0 Å². The molecule has 0 fully saturated rings. The molecule has 0 aromatic heterocycles. The molecule has 4 N–H and O–H groups in total. The van der Waals surface area contributed by atoms with Crippen LogP contribution in [0.15, 0.2) is 72.8 Å². The highest BCUT2D eigenvalue weighted by atomic mass is 16.5. The van der Waals surface area contributed by atoms with E-state index in [9.17, 15) is 0 Å². The van der Waals surface area contributed by atoms with Crippen molar-refractivity contribution in [3.8, 4) is 16.9 Å². The SMILES string of the molecule is Nc1ccccc1-c1cccc(OCc2ccccc2)c1N. The molecule has 0 radical (unpaired) electrons. The van der Waals surface area contributed by atoms with Crippen molar-refractivity contribution in [3.63, 3.8) is 0 Å². The van der Waals surface area contributed by atoms with E-state index in [1.807, 2.05) is 72.8 Å². The third-order valence-electron chi connectivity index (χ3n) is 3.55. The Balaban J connectivity index is 1.88. The maximum absolute atomic E-state index is 6.27.